The van der Waals surface area contributed by atoms with Gasteiger partial charge in [0.15, 0.2) is 0 Å². The predicted molar refractivity (Wildman–Crippen MR) is 169 cm³/mol. The summed E-state index contributed by atoms with van der Waals surface area (Å²) in [4.78, 5) is 24.8. The third-order valence-corrected chi connectivity index (χ3v) is 7.79. The number of esters is 1. The van der Waals surface area contributed by atoms with E-state index in [9.17, 15) is 24.9 Å². The minimum atomic E-state index is -0.753. The number of carbonyl (C=O) groups excluding carboxylic acids is 2. The van der Waals surface area contributed by atoms with Gasteiger partial charge in [-0.3, -0.25) is 9.59 Å². The third kappa shape index (κ3) is 10.6. The quantitative estimate of drug-likeness (QED) is 0.0897. The maximum absolute atomic E-state index is 13.0. The Hall–Kier alpha value is -3.96. The number of para-hydroxylation sites is 1. The molecule has 1 aliphatic carbocycles. The Morgan fingerprint density at radius 2 is 1.76 bits per heavy atom. The summed E-state index contributed by atoms with van der Waals surface area (Å²) in [5, 5.41) is 35.7. The summed E-state index contributed by atoms with van der Waals surface area (Å²) < 4.78 is 17.1. The Bertz CT molecular complexity index is 1390. The normalized spacial score (nSPS) is 14.1. The van der Waals surface area contributed by atoms with Crippen molar-refractivity contribution in [2.45, 2.75) is 70.8 Å². The average Bonchev–Trinajstić information content (AvgIpc) is 3.04. The van der Waals surface area contributed by atoms with Gasteiger partial charge in [0.1, 0.15) is 23.9 Å². The maximum atomic E-state index is 13.0. The first kappa shape index (κ1) is 33.9. The molecule has 10 nitrogen and oxygen atoms in total. The van der Waals surface area contributed by atoms with Crippen molar-refractivity contribution in [2.24, 2.45) is 0 Å². The molecule has 1 aliphatic rings. The average molecular weight is 621 g/mol. The van der Waals surface area contributed by atoms with E-state index in [-0.39, 0.29) is 36.7 Å². The Morgan fingerprint density at radius 1 is 0.978 bits per heavy atom. The maximum Gasteiger partial charge on any atom is 0.308 e. The van der Waals surface area contributed by atoms with Gasteiger partial charge in [-0.15, -0.1) is 0 Å². The fourth-order valence-electron chi connectivity index (χ4n) is 5.33. The van der Waals surface area contributed by atoms with Crippen LogP contribution in [0.2, 0.25) is 0 Å². The number of phenols is 1. The van der Waals surface area contributed by atoms with Crippen LogP contribution in [0.5, 0.6) is 17.2 Å². The molecule has 1 fully saturated rings. The molecule has 10 heteroatoms. The highest BCUT2D eigenvalue weighted by Gasteiger charge is 2.22. The van der Waals surface area contributed by atoms with Crippen molar-refractivity contribution in [1.29, 1.82) is 0 Å². The number of hydrogen-bond acceptors (Lipinski definition) is 9. The molecule has 1 amide bonds. The zero-order valence-corrected chi connectivity index (χ0v) is 25.8. The molecule has 3 aromatic rings. The first-order valence-electron chi connectivity index (χ1n) is 15.6. The minimum absolute atomic E-state index is 0.00796. The highest BCUT2D eigenvalue weighted by atomic mass is 16.5. The summed E-state index contributed by atoms with van der Waals surface area (Å²) in [5.41, 5.74) is 3.07. The van der Waals surface area contributed by atoms with E-state index in [2.05, 4.69) is 10.6 Å². The number of nitrogens with one attached hydrogen (secondary N) is 2. The molecule has 0 saturated heterocycles. The van der Waals surface area contributed by atoms with Gasteiger partial charge >= 0.3 is 5.97 Å². The molecule has 0 spiro atoms. The Morgan fingerprint density at radius 3 is 2.49 bits per heavy atom. The second-order valence-corrected chi connectivity index (χ2v) is 11.3. The number of aromatic hydroxyl groups is 1. The zero-order valence-electron chi connectivity index (χ0n) is 25.8. The summed E-state index contributed by atoms with van der Waals surface area (Å²) >= 11 is 0. The van der Waals surface area contributed by atoms with Crippen molar-refractivity contribution in [3.63, 3.8) is 0 Å². The smallest absolute Gasteiger partial charge is 0.308 e. The van der Waals surface area contributed by atoms with Crippen LogP contribution in [-0.4, -0.2) is 59.5 Å². The molecule has 45 heavy (non-hydrogen) atoms. The lowest BCUT2D eigenvalue weighted by molar-refractivity contribution is -0.132. The largest absolute Gasteiger partial charge is 0.508 e. The highest BCUT2D eigenvalue weighted by Crippen LogP contribution is 2.27. The number of aliphatic hydroxyl groups excluding tert-OH is 2. The summed E-state index contributed by atoms with van der Waals surface area (Å²) in [6.07, 6.45) is 5.31. The van der Waals surface area contributed by atoms with Crippen LogP contribution >= 0.6 is 0 Å². The van der Waals surface area contributed by atoms with Gasteiger partial charge in [0.2, 0.25) is 0 Å². The Labute approximate surface area is 264 Å². The van der Waals surface area contributed by atoms with E-state index in [1.54, 1.807) is 30.3 Å². The van der Waals surface area contributed by atoms with Crippen molar-refractivity contribution >= 4 is 11.9 Å². The van der Waals surface area contributed by atoms with E-state index in [1.165, 1.54) is 19.4 Å². The van der Waals surface area contributed by atoms with Crippen LogP contribution in [0.25, 0.3) is 0 Å². The molecule has 4 rings (SSSR count). The van der Waals surface area contributed by atoms with E-state index < -0.39 is 12.1 Å². The summed E-state index contributed by atoms with van der Waals surface area (Å²) in [7, 11) is 0. The molecule has 0 aliphatic heterocycles. The van der Waals surface area contributed by atoms with Gasteiger partial charge in [0.05, 0.1) is 31.5 Å². The Balaban J connectivity index is 1.18. The first-order valence-corrected chi connectivity index (χ1v) is 15.6. The molecule has 0 heterocycles. The summed E-state index contributed by atoms with van der Waals surface area (Å²) in [5.74, 6) is 0.204. The summed E-state index contributed by atoms with van der Waals surface area (Å²) in [6, 6.07) is 17.8. The highest BCUT2D eigenvalue weighted by molar-refractivity contribution is 5.98. The third-order valence-electron chi connectivity index (χ3n) is 7.79. The molecule has 3 aromatic carbocycles. The van der Waals surface area contributed by atoms with E-state index in [0.29, 0.717) is 54.3 Å². The van der Waals surface area contributed by atoms with Crippen molar-refractivity contribution in [2.75, 3.05) is 26.3 Å². The van der Waals surface area contributed by atoms with Gasteiger partial charge in [-0.1, -0.05) is 49.6 Å². The lowest BCUT2D eigenvalue weighted by Gasteiger charge is -2.23. The SMILES string of the molecule is CC(=O)Oc1c(COCCOc2ccc(CCNC[C@H](O)c3ccc(O)c(CO)c3)cc2)cccc1C(=O)NC1CCCCC1. The van der Waals surface area contributed by atoms with Gasteiger partial charge in [-0.2, -0.15) is 0 Å². The van der Waals surface area contributed by atoms with Crippen molar-refractivity contribution in [1.82, 2.24) is 10.6 Å². The van der Waals surface area contributed by atoms with E-state index in [4.69, 9.17) is 14.2 Å². The standard InChI is InChI=1S/C35H44N2O8/c1-24(39)45-34-27(6-5-9-31(34)35(42)37-29-7-3-2-4-8-29)23-43-18-19-44-30-13-10-25(11-14-30)16-17-36-21-33(41)26-12-15-32(40)28(20-26)22-38/h5-6,9-15,20,29,33,36,38,40-41H,2-4,7-8,16-19,21-23H2,1H3,(H,37,42)/t33-/m0/s1. The number of benzene rings is 3. The lowest BCUT2D eigenvalue weighted by atomic mass is 9.95. The fourth-order valence-corrected chi connectivity index (χ4v) is 5.33. The molecule has 0 bridgehead atoms. The Kier molecular flexibility index (Phi) is 13.2. The van der Waals surface area contributed by atoms with Gasteiger partial charge in [0.25, 0.3) is 5.91 Å². The zero-order chi connectivity index (χ0) is 32.0. The predicted octanol–water partition coefficient (Wildman–Crippen LogP) is 4.33. The van der Waals surface area contributed by atoms with Crippen molar-refractivity contribution < 1.29 is 39.1 Å². The van der Waals surface area contributed by atoms with E-state index in [1.807, 2.05) is 24.3 Å². The van der Waals surface area contributed by atoms with Gasteiger partial charge in [-0.05, 0) is 67.3 Å². The molecule has 242 valence electrons. The molecular formula is C35H44N2O8. The van der Waals surface area contributed by atoms with Crippen LogP contribution in [0.1, 0.15) is 77.7 Å². The monoisotopic (exact) mass is 620 g/mol. The molecule has 0 unspecified atom stereocenters. The molecule has 0 aromatic heterocycles. The van der Waals surface area contributed by atoms with Crippen molar-refractivity contribution in [3.05, 3.63) is 88.5 Å². The number of ether oxygens (including phenoxy) is 3. The number of rotatable bonds is 16. The molecule has 0 radical (unpaired) electrons. The number of amides is 1. The first-order chi connectivity index (χ1) is 21.8. The van der Waals surface area contributed by atoms with Gasteiger partial charge < -0.3 is 40.2 Å². The number of hydrogen-bond donors (Lipinski definition) is 5. The van der Waals surface area contributed by atoms with Gasteiger partial charge in [-0.25, -0.2) is 0 Å². The van der Waals surface area contributed by atoms with Gasteiger partial charge in [0, 0.05) is 30.6 Å². The van der Waals surface area contributed by atoms with E-state index in [0.717, 1.165) is 37.7 Å². The lowest BCUT2D eigenvalue weighted by Crippen LogP contribution is -2.36. The van der Waals surface area contributed by atoms with Crippen LogP contribution in [0.15, 0.2) is 60.7 Å². The topological polar surface area (TPSA) is 147 Å². The number of aliphatic hydroxyl groups is 2. The van der Waals surface area contributed by atoms with Crippen LogP contribution in [-0.2, 0) is 29.2 Å². The fraction of sp³-hybridized carbons (Fsp3) is 0.429. The second kappa shape index (κ2) is 17.5. The molecule has 5 N–H and O–H groups in total. The van der Waals surface area contributed by atoms with Crippen LogP contribution in [0.4, 0.5) is 0 Å². The van der Waals surface area contributed by atoms with E-state index >= 15 is 0 Å². The molecule has 1 atom stereocenters. The van der Waals surface area contributed by atoms with Crippen molar-refractivity contribution in [3.8, 4) is 17.2 Å². The molecule has 1 saturated carbocycles. The minimum Gasteiger partial charge on any atom is -0.508 e. The summed E-state index contributed by atoms with van der Waals surface area (Å²) in [6.45, 7) is 2.81. The second-order valence-electron chi connectivity index (χ2n) is 11.3. The molecular weight excluding hydrogens is 576 g/mol. The van der Waals surface area contributed by atoms with Crippen LogP contribution in [0, 0.1) is 0 Å². The number of carbonyl (C=O) groups is 2. The van der Waals surface area contributed by atoms with Crippen LogP contribution in [0.3, 0.4) is 0 Å². The van der Waals surface area contributed by atoms with Crippen LogP contribution < -0.4 is 20.1 Å².